The van der Waals surface area contributed by atoms with Gasteiger partial charge in [-0.05, 0) is 23.6 Å². The highest BCUT2D eigenvalue weighted by Crippen LogP contribution is 2.27. The number of aromatic nitrogens is 3. The summed E-state index contributed by atoms with van der Waals surface area (Å²) in [6.45, 7) is 0. The molecular weight excluding hydrogens is 344 g/mol. The second-order valence-corrected chi connectivity index (χ2v) is 6.59. The van der Waals surface area contributed by atoms with Crippen LogP contribution in [0.25, 0.3) is 21.9 Å². The van der Waals surface area contributed by atoms with Crippen LogP contribution >= 0.6 is 22.7 Å². The van der Waals surface area contributed by atoms with E-state index < -0.39 is 0 Å². The van der Waals surface area contributed by atoms with E-state index in [1.165, 1.54) is 22.7 Å². The highest BCUT2D eigenvalue weighted by molar-refractivity contribution is 7.14. The minimum absolute atomic E-state index is 0.219. The number of rotatable bonds is 4. The monoisotopic (exact) mass is 354 g/mol. The Balaban J connectivity index is 1.50. The molecule has 0 saturated heterocycles. The van der Waals surface area contributed by atoms with Crippen LogP contribution in [0.5, 0.6) is 0 Å². The molecule has 0 aliphatic heterocycles. The molecule has 4 aromatic heterocycles. The molecule has 0 saturated carbocycles. The van der Waals surface area contributed by atoms with Crippen LogP contribution in [0.2, 0.25) is 0 Å². The Hall–Kier alpha value is -2.84. The highest BCUT2D eigenvalue weighted by Gasteiger charge is 2.16. The Bertz CT molecular complexity index is 961. The Morgan fingerprint density at radius 2 is 2.17 bits per heavy atom. The number of thiophene rings is 1. The molecule has 0 aromatic carbocycles. The summed E-state index contributed by atoms with van der Waals surface area (Å²) in [6.07, 6.45) is 3.43. The maximum absolute atomic E-state index is 12.3. The second kappa shape index (κ2) is 6.34. The lowest BCUT2D eigenvalue weighted by molar-refractivity contribution is 0.101. The van der Waals surface area contributed by atoms with Gasteiger partial charge in [-0.2, -0.15) is 0 Å². The first-order valence-electron chi connectivity index (χ1n) is 6.97. The Morgan fingerprint density at radius 3 is 2.96 bits per heavy atom. The summed E-state index contributed by atoms with van der Waals surface area (Å²) in [4.78, 5) is 21.6. The molecule has 0 aliphatic rings. The average Bonchev–Trinajstić information content (AvgIpc) is 3.36. The first-order chi connectivity index (χ1) is 11.8. The zero-order valence-electron chi connectivity index (χ0n) is 12.2. The van der Waals surface area contributed by atoms with Crippen LogP contribution in [0.15, 0.2) is 58.0 Å². The lowest BCUT2D eigenvalue weighted by Gasteiger charge is -1.97. The Morgan fingerprint density at radius 1 is 1.21 bits per heavy atom. The number of hydrogen-bond donors (Lipinski definition) is 1. The quantitative estimate of drug-likeness (QED) is 0.595. The molecule has 0 aliphatic carbocycles. The van der Waals surface area contributed by atoms with E-state index in [2.05, 4.69) is 20.4 Å². The van der Waals surface area contributed by atoms with Crippen molar-refractivity contribution in [2.75, 3.05) is 5.32 Å². The normalized spacial score (nSPS) is 10.7. The van der Waals surface area contributed by atoms with Crippen molar-refractivity contribution in [2.24, 2.45) is 0 Å². The van der Waals surface area contributed by atoms with Crippen LogP contribution in [0.1, 0.15) is 10.5 Å². The van der Waals surface area contributed by atoms with Crippen molar-refractivity contribution in [3.8, 4) is 21.9 Å². The van der Waals surface area contributed by atoms with E-state index in [-0.39, 0.29) is 11.6 Å². The van der Waals surface area contributed by atoms with E-state index >= 15 is 0 Å². The predicted octanol–water partition coefficient (Wildman–Crippen LogP) is 4.17. The van der Waals surface area contributed by atoms with E-state index in [1.807, 2.05) is 35.0 Å². The van der Waals surface area contributed by atoms with Gasteiger partial charge in [0.1, 0.15) is 0 Å². The summed E-state index contributed by atoms with van der Waals surface area (Å²) in [5.41, 5.74) is 1.88. The standard InChI is InChI=1S/C16H10N4O2S2/c21-15(11-7-13(22-20-11)14-4-2-6-23-14)19-16-18-12(9-24-16)10-3-1-5-17-8-10/h1-9H,(H,18,19,21). The van der Waals surface area contributed by atoms with Gasteiger partial charge in [0.15, 0.2) is 16.6 Å². The molecule has 6 nitrogen and oxygen atoms in total. The van der Waals surface area contributed by atoms with E-state index in [9.17, 15) is 4.79 Å². The Kier molecular flexibility index (Phi) is 3.89. The molecule has 1 amide bonds. The molecule has 0 atom stereocenters. The molecule has 4 heterocycles. The van der Waals surface area contributed by atoms with Gasteiger partial charge in [-0.25, -0.2) is 4.98 Å². The third-order valence-electron chi connectivity index (χ3n) is 3.19. The van der Waals surface area contributed by atoms with Crippen molar-refractivity contribution < 1.29 is 9.32 Å². The van der Waals surface area contributed by atoms with Crippen molar-refractivity contribution in [3.63, 3.8) is 0 Å². The van der Waals surface area contributed by atoms with Gasteiger partial charge in [-0.3, -0.25) is 15.1 Å². The summed E-state index contributed by atoms with van der Waals surface area (Å²) in [5, 5.41) is 10.9. The van der Waals surface area contributed by atoms with Crippen LogP contribution in [-0.4, -0.2) is 21.0 Å². The third-order valence-corrected chi connectivity index (χ3v) is 4.83. The summed E-state index contributed by atoms with van der Waals surface area (Å²) in [7, 11) is 0. The van der Waals surface area contributed by atoms with E-state index in [0.717, 1.165) is 16.1 Å². The van der Waals surface area contributed by atoms with Crippen molar-refractivity contribution in [3.05, 3.63) is 59.2 Å². The molecule has 4 aromatic rings. The number of amides is 1. The van der Waals surface area contributed by atoms with Crippen LogP contribution in [-0.2, 0) is 0 Å². The van der Waals surface area contributed by atoms with Gasteiger partial charge in [0.05, 0.1) is 10.6 Å². The van der Waals surface area contributed by atoms with Crippen LogP contribution < -0.4 is 5.32 Å². The summed E-state index contributed by atoms with van der Waals surface area (Å²) >= 11 is 2.87. The predicted molar refractivity (Wildman–Crippen MR) is 93.1 cm³/mol. The lowest BCUT2D eigenvalue weighted by Crippen LogP contribution is -2.11. The van der Waals surface area contributed by atoms with Gasteiger partial charge in [0.25, 0.3) is 5.91 Å². The smallest absolute Gasteiger partial charge is 0.279 e. The van der Waals surface area contributed by atoms with Crippen LogP contribution in [0.3, 0.4) is 0 Å². The number of thiazole rings is 1. The minimum atomic E-state index is -0.353. The molecule has 24 heavy (non-hydrogen) atoms. The van der Waals surface area contributed by atoms with E-state index in [0.29, 0.717) is 10.9 Å². The number of nitrogens with one attached hydrogen (secondary N) is 1. The molecule has 1 N–H and O–H groups in total. The van der Waals surface area contributed by atoms with Crippen molar-refractivity contribution >= 4 is 33.7 Å². The number of carbonyl (C=O) groups is 1. The van der Waals surface area contributed by atoms with Gasteiger partial charge in [-0.1, -0.05) is 11.2 Å². The summed E-state index contributed by atoms with van der Waals surface area (Å²) in [6, 6.07) is 9.20. The van der Waals surface area contributed by atoms with Crippen LogP contribution in [0, 0.1) is 0 Å². The topological polar surface area (TPSA) is 80.9 Å². The Labute approximate surface area is 144 Å². The lowest BCUT2D eigenvalue weighted by atomic mass is 10.2. The molecule has 0 unspecified atom stereocenters. The van der Waals surface area contributed by atoms with Gasteiger partial charge < -0.3 is 4.52 Å². The number of carbonyl (C=O) groups excluding carboxylic acids is 1. The van der Waals surface area contributed by atoms with Crippen molar-refractivity contribution in [2.45, 2.75) is 0 Å². The second-order valence-electron chi connectivity index (χ2n) is 4.79. The molecular formula is C16H10N4O2S2. The molecule has 0 bridgehead atoms. The van der Waals surface area contributed by atoms with E-state index in [4.69, 9.17) is 4.52 Å². The number of hydrogen-bond acceptors (Lipinski definition) is 7. The fourth-order valence-corrected chi connectivity index (χ4v) is 3.44. The molecule has 0 fully saturated rings. The fraction of sp³-hybridized carbons (Fsp3) is 0. The zero-order chi connectivity index (χ0) is 16.4. The maximum Gasteiger partial charge on any atom is 0.279 e. The molecule has 0 radical (unpaired) electrons. The summed E-state index contributed by atoms with van der Waals surface area (Å²) in [5.74, 6) is 0.221. The van der Waals surface area contributed by atoms with Gasteiger partial charge in [0, 0.05) is 29.4 Å². The van der Waals surface area contributed by atoms with Crippen molar-refractivity contribution in [1.29, 1.82) is 0 Å². The van der Waals surface area contributed by atoms with Gasteiger partial charge in [-0.15, -0.1) is 22.7 Å². The SMILES string of the molecule is O=C(Nc1nc(-c2cccnc2)cs1)c1cc(-c2cccs2)on1. The summed E-state index contributed by atoms with van der Waals surface area (Å²) < 4.78 is 5.22. The molecule has 8 heteroatoms. The van der Waals surface area contributed by atoms with E-state index in [1.54, 1.807) is 18.5 Å². The first kappa shape index (κ1) is 14.7. The molecule has 118 valence electrons. The van der Waals surface area contributed by atoms with Gasteiger partial charge in [0.2, 0.25) is 0 Å². The fourth-order valence-electron chi connectivity index (χ4n) is 2.06. The van der Waals surface area contributed by atoms with Crippen LogP contribution in [0.4, 0.5) is 5.13 Å². The number of pyridine rings is 1. The average molecular weight is 354 g/mol. The number of nitrogens with zero attached hydrogens (tertiary/aromatic N) is 3. The molecule has 4 rings (SSSR count). The third kappa shape index (κ3) is 2.97. The maximum atomic E-state index is 12.3. The minimum Gasteiger partial charge on any atom is -0.355 e. The highest BCUT2D eigenvalue weighted by atomic mass is 32.1. The zero-order valence-corrected chi connectivity index (χ0v) is 13.8. The van der Waals surface area contributed by atoms with Gasteiger partial charge >= 0.3 is 0 Å². The van der Waals surface area contributed by atoms with Crippen molar-refractivity contribution in [1.82, 2.24) is 15.1 Å². The first-order valence-corrected chi connectivity index (χ1v) is 8.73. The molecule has 0 spiro atoms. The number of anilines is 1. The largest absolute Gasteiger partial charge is 0.355 e.